The van der Waals surface area contributed by atoms with E-state index < -0.39 is 0 Å². The van der Waals surface area contributed by atoms with Crippen LogP contribution in [0, 0.1) is 17.3 Å². The van der Waals surface area contributed by atoms with Crippen molar-refractivity contribution in [3.05, 3.63) is 12.2 Å². The van der Waals surface area contributed by atoms with Gasteiger partial charge < -0.3 is 10.5 Å². The minimum atomic E-state index is 0.297. The van der Waals surface area contributed by atoms with Crippen molar-refractivity contribution < 1.29 is 4.79 Å². The van der Waals surface area contributed by atoms with E-state index >= 15 is 0 Å². The van der Waals surface area contributed by atoms with Gasteiger partial charge in [-0.15, -0.1) is 0 Å². The number of nitrogens with two attached hydrogens (primary N) is 1. The molecule has 0 saturated heterocycles. The van der Waals surface area contributed by atoms with Gasteiger partial charge in [0.05, 0.1) is 0 Å². The van der Waals surface area contributed by atoms with Gasteiger partial charge in [0.15, 0.2) is 0 Å². The summed E-state index contributed by atoms with van der Waals surface area (Å²) in [4.78, 5) is 11.1. The molecule has 0 spiro atoms. The highest BCUT2D eigenvalue weighted by atomic mass is 16.1. The number of Topliss-reactive ketones (excluding diaryl/α,β-unsaturated/α-hetero) is 1. The summed E-state index contributed by atoms with van der Waals surface area (Å²) in [5, 5.41) is 0. The van der Waals surface area contributed by atoms with Gasteiger partial charge in [-0.1, -0.05) is 26.0 Å². The fraction of sp³-hybridized carbons (Fsp3) is 0.786. The summed E-state index contributed by atoms with van der Waals surface area (Å²) < 4.78 is 0. The third kappa shape index (κ3) is 2.94. The van der Waals surface area contributed by atoms with E-state index in [9.17, 15) is 4.79 Å². The third-order valence-corrected chi connectivity index (χ3v) is 4.03. The summed E-state index contributed by atoms with van der Waals surface area (Å²) in [6.45, 7) is 11.1. The Kier molecular flexibility index (Phi) is 4.31. The van der Waals surface area contributed by atoms with Crippen LogP contribution < -0.4 is 5.73 Å². The average Bonchev–Trinajstić information content (AvgIpc) is 2.14. The van der Waals surface area contributed by atoms with Crippen LogP contribution in [0.1, 0.15) is 46.5 Å². The van der Waals surface area contributed by atoms with Crippen LogP contribution in [0.25, 0.3) is 0 Å². The zero-order chi connectivity index (χ0) is 12.3. The van der Waals surface area contributed by atoms with E-state index in [1.165, 1.54) is 12.0 Å². The lowest BCUT2D eigenvalue weighted by molar-refractivity contribution is -0.118. The van der Waals surface area contributed by atoms with E-state index in [0.29, 0.717) is 36.0 Å². The Hall–Kier alpha value is -0.630. The molecule has 2 atom stereocenters. The lowest BCUT2D eigenvalue weighted by Crippen LogP contribution is -2.45. The Balaban J connectivity index is 2.54. The molecule has 92 valence electrons. The molecule has 1 saturated carbocycles. The maximum absolute atomic E-state index is 11.1. The van der Waals surface area contributed by atoms with Crippen LogP contribution in [0.3, 0.4) is 0 Å². The smallest absolute Gasteiger partial charge is 0.129 e. The maximum Gasteiger partial charge on any atom is 0.129 e. The average molecular weight is 223 g/mol. The monoisotopic (exact) mass is 223 g/mol. The van der Waals surface area contributed by atoms with Gasteiger partial charge in [-0.3, -0.25) is 0 Å². The quantitative estimate of drug-likeness (QED) is 0.704. The molecule has 2 nitrogen and oxygen atoms in total. The van der Waals surface area contributed by atoms with Crippen molar-refractivity contribution in [2.24, 2.45) is 23.0 Å². The van der Waals surface area contributed by atoms with E-state index in [1.54, 1.807) is 6.92 Å². The van der Waals surface area contributed by atoms with Crippen LogP contribution in [0.5, 0.6) is 0 Å². The summed E-state index contributed by atoms with van der Waals surface area (Å²) in [7, 11) is 0. The molecule has 1 fully saturated rings. The molecule has 1 aliphatic rings. The molecule has 1 aliphatic carbocycles. The second kappa shape index (κ2) is 5.13. The first kappa shape index (κ1) is 13.4. The Morgan fingerprint density at radius 3 is 2.50 bits per heavy atom. The van der Waals surface area contributed by atoms with Gasteiger partial charge in [0.25, 0.3) is 0 Å². The number of hydrogen-bond donors (Lipinski definition) is 1. The molecule has 0 aliphatic heterocycles. The van der Waals surface area contributed by atoms with Crippen LogP contribution in [0.4, 0.5) is 0 Å². The van der Waals surface area contributed by atoms with Crippen molar-refractivity contribution >= 4 is 5.78 Å². The molecule has 0 amide bonds. The van der Waals surface area contributed by atoms with Gasteiger partial charge in [0.1, 0.15) is 5.78 Å². The van der Waals surface area contributed by atoms with Crippen LogP contribution in [0.2, 0.25) is 0 Å². The zero-order valence-electron chi connectivity index (χ0n) is 10.9. The van der Waals surface area contributed by atoms with Crippen molar-refractivity contribution in [1.29, 1.82) is 0 Å². The molecular weight excluding hydrogens is 198 g/mol. The van der Waals surface area contributed by atoms with Crippen molar-refractivity contribution in [1.82, 2.24) is 0 Å². The van der Waals surface area contributed by atoms with E-state index in [0.717, 1.165) is 12.8 Å². The first-order valence-corrected chi connectivity index (χ1v) is 6.25. The Bertz CT molecular complexity index is 280. The first-order chi connectivity index (χ1) is 7.38. The van der Waals surface area contributed by atoms with Crippen molar-refractivity contribution in [2.45, 2.75) is 46.5 Å². The van der Waals surface area contributed by atoms with E-state index in [1.807, 2.05) is 0 Å². The van der Waals surface area contributed by atoms with Gasteiger partial charge >= 0.3 is 0 Å². The highest BCUT2D eigenvalue weighted by molar-refractivity contribution is 5.75. The Morgan fingerprint density at radius 2 is 2.06 bits per heavy atom. The second-order valence-corrected chi connectivity index (χ2v) is 5.84. The fourth-order valence-corrected chi connectivity index (χ4v) is 2.99. The molecule has 0 unspecified atom stereocenters. The molecule has 2 N–H and O–H groups in total. The number of rotatable bonds is 6. The SMILES string of the molecule is C=C(CCN)[C@H]1CC(C)(C)[C@@H]1CCC(C)=O. The zero-order valence-corrected chi connectivity index (χ0v) is 10.9. The van der Waals surface area contributed by atoms with Gasteiger partial charge in [0.2, 0.25) is 0 Å². The van der Waals surface area contributed by atoms with Gasteiger partial charge in [-0.25, -0.2) is 0 Å². The lowest BCUT2D eigenvalue weighted by Gasteiger charge is -2.53. The highest BCUT2D eigenvalue weighted by Crippen LogP contribution is 2.55. The molecular formula is C14H25NO. The normalized spacial score (nSPS) is 27.2. The van der Waals surface area contributed by atoms with E-state index in [4.69, 9.17) is 5.73 Å². The predicted molar refractivity (Wildman–Crippen MR) is 68.1 cm³/mol. The summed E-state index contributed by atoms with van der Waals surface area (Å²) in [6, 6.07) is 0. The molecule has 0 bridgehead atoms. The molecule has 0 radical (unpaired) electrons. The summed E-state index contributed by atoms with van der Waals surface area (Å²) >= 11 is 0. The molecule has 0 aromatic rings. The molecule has 0 aromatic carbocycles. The van der Waals surface area contributed by atoms with Crippen molar-refractivity contribution in [2.75, 3.05) is 6.54 Å². The number of carbonyl (C=O) groups excluding carboxylic acids is 1. The minimum Gasteiger partial charge on any atom is -0.330 e. The second-order valence-electron chi connectivity index (χ2n) is 5.84. The summed E-state index contributed by atoms with van der Waals surface area (Å²) in [5.74, 6) is 1.51. The van der Waals surface area contributed by atoms with E-state index in [2.05, 4.69) is 20.4 Å². The third-order valence-electron chi connectivity index (χ3n) is 4.03. The summed E-state index contributed by atoms with van der Waals surface area (Å²) in [6.07, 6.45) is 3.85. The first-order valence-electron chi connectivity index (χ1n) is 6.25. The van der Waals surface area contributed by atoms with Gasteiger partial charge in [-0.2, -0.15) is 0 Å². The maximum atomic E-state index is 11.1. The topological polar surface area (TPSA) is 43.1 Å². The highest BCUT2D eigenvalue weighted by Gasteiger charge is 2.47. The van der Waals surface area contributed by atoms with Crippen LogP contribution in [-0.4, -0.2) is 12.3 Å². The van der Waals surface area contributed by atoms with Crippen molar-refractivity contribution in [3.63, 3.8) is 0 Å². The van der Waals surface area contributed by atoms with Crippen LogP contribution >= 0.6 is 0 Å². The van der Waals surface area contributed by atoms with Gasteiger partial charge in [-0.05, 0) is 50.0 Å². The largest absolute Gasteiger partial charge is 0.330 e. The minimum absolute atomic E-state index is 0.297. The Morgan fingerprint density at radius 1 is 1.44 bits per heavy atom. The lowest BCUT2D eigenvalue weighted by atomic mass is 9.52. The number of carbonyl (C=O) groups is 1. The standard InChI is InChI=1S/C14H25NO/c1-10(7-8-15)12-9-14(3,4)13(12)6-5-11(2)16/h12-13H,1,5-9,15H2,2-4H3/t12-,13-/m1/s1. The number of hydrogen-bond acceptors (Lipinski definition) is 2. The number of ketones is 1. The summed E-state index contributed by atoms with van der Waals surface area (Å²) in [5.41, 5.74) is 7.23. The van der Waals surface area contributed by atoms with E-state index in [-0.39, 0.29) is 0 Å². The molecule has 0 heterocycles. The fourth-order valence-electron chi connectivity index (χ4n) is 2.99. The predicted octanol–water partition coefficient (Wildman–Crippen LogP) is 2.92. The van der Waals surface area contributed by atoms with Crippen molar-refractivity contribution in [3.8, 4) is 0 Å². The molecule has 2 heteroatoms. The Labute approximate surface area is 99.3 Å². The molecule has 0 aromatic heterocycles. The molecule has 16 heavy (non-hydrogen) atoms. The van der Waals surface area contributed by atoms with Crippen LogP contribution in [-0.2, 0) is 4.79 Å². The van der Waals surface area contributed by atoms with Crippen LogP contribution in [0.15, 0.2) is 12.2 Å². The molecule has 1 rings (SSSR count). The van der Waals surface area contributed by atoms with Gasteiger partial charge in [0, 0.05) is 6.42 Å².